The van der Waals surface area contributed by atoms with Crippen molar-refractivity contribution in [1.29, 1.82) is 0 Å². The molecule has 1 amide bonds. The Hall–Kier alpha value is -3.25. The van der Waals surface area contributed by atoms with E-state index in [0.717, 1.165) is 27.3 Å². The topological polar surface area (TPSA) is 63.4 Å². The lowest BCUT2D eigenvalue weighted by Gasteiger charge is -2.23. The second-order valence-corrected chi connectivity index (χ2v) is 10.3. The molecule has 2 aromatic carbocycles. The van der Waals surface area contributed by atoms with E-state index in [2.05, 4.69) is 31.0 Å². The number of carbonyl (C=O) groups excluding carboxylic acids is 1. The third kappa shape index (κ3) is 3.32. The summed E-state index contributed by atoms with van der Waals surface area (Å²) in [7, 11) is 0. The minimum Gasteiger partial charge on any atom is -0.450 e. The first-order chi connectivity index (χ1) is 15.7. The number of hydrogen-bond donors (Lipinski definition) is 0. The van der Waals surface area contributed by atoms with Crippen LogP contribution in [-0.4, -0.2) is 10.9 Å². The zero-order valence-corrected chi connectivity index (χ0v) is 20.5. The molecular formula is C27H26N2O3S. The number of anilines is 1. The summed E-state index contributed by atoms with van der Waals surface area (Å²) in [5, 5.41) is 1.08. The molecule has 5 rings (SSSR count). The predicted molar refractivity (Wildman–Crippen MR) is 133 cm³/mol. The van der Waals surface area contributed by atoms with Gasteiger partial charge in [-0.15, -0.1) is 11.3 Å². The van der Waals surface area contributed by atoms with Gasteiger partial charge in [0, 0.05) is 4.88 Å². The van der Waals surface area contributed by atoms with Gasteiger partial charge < -0.3 is 4.42 Å². The van der Waals surface area contributed by atoms with Crippen LogP contribution in [0.2, 0.25) is 0 Å². The lowest BCUT2D eigenvalue weighted by Crippen LogP contribution is -2.29. The summed E-state index contributed by atoms with van der Waals surface area (Å²) in [6.07, 6.45) is 0. The van der Waals surface area contributed by atoms with E-state index in [1.165, 1.54) is 16.9 Å². The van der Waals surface area contributed by atoms with Crippen molar-refractivity contribution in [2.45, 2.75) is 53.5 Å². The van der Waals surface area contributed by atoms with Gasteiger partial charge in [-0.05, 0) is 68.0 Å². The summed E-state index contributed by atoms with van der Waals surface area (Å²) in [6.45, 7) is 12.1. The van der Waals surface area contributed by atoms with E-state index in [9.17, 15) is 9.59 Å². The molecule has 0 aliphatic carbocycles. The fraction of sp³-hybridized carbons (Fsp3) is 0.296. The fourth-order valence-corrected chi connectivity index (χ4v) is 5.30. The second kappa shape index (κ2) is 7.66. The van der Waals surface area contributed by atoms with E-state index < -0.39 is 6.04 Å². The molecule has 0 saturated heterocycles. The number of benzene rings is 2. The molecule has 0 saturated carbocycles. The van der Waals surface area contributed by atoms with Crippen LogP contribution < -0.4 is 10.3 Å². The number of amides is 1. The first kappa shape index (κ1) is 21.6. The van der Waals surface area contributed by atoms with Crippen LogP contribution in [0.15, 0.2) is 45.6 Å². The van der Waals surface area contributed by atoms with Gasteiger partial charge in [0.05, 0.1) is 22.7 Å². The highest BCUT2D eigenvalue weighted by Crippen LogP contribution is 2.43. The maximum Gasteiger partial charge on any atom is 0.297 e. The molecule has 0 fully saturated rings. The van der Waals surface area contributed by atoms with Crippen LogP contribution in [0.4, 0.5) is 5.13 Å². The van der Waals surface area contributed by atoms with Crippen molar-refractivity contribution in [2.75, 3.05) is 4.90 Å². The molecule has 0 unspecified atom stereocenters. The Balaban J connectivity index is 1.79. The Bertz CT molecular complexity index is 1460. The van der Waals surface area contributed by atoms with Crippen LogP contribution in [0.25, 0.3) is 11.0 Å². The normalized spacial score (nSPS) is 15.7. The van der Waals surface area contributed by atoms with E-state index >= 15 is 0 Å². The number of rotatable bonds is 3. The summed E-state index contributed by atoms with van der Waals surface area (Å²) in [5.41, 5.74) is 5.65. The highest BCUT2D eigenvalue weighted by atomic mass is 32.1. The Morgan fingerprint density at radius 3 is 2.27 bits per heavy atom. The van der Waals surface area contributed by atoms with Crippen LogP contribution in [0.1, 0.15) is 74.8 Å². The predicted octanol–water partition coefficient (Wildman–Crippen LogP) is 6.36. The smallest absolute Gasteiger partial charge is 0.297 e. The number of aryl methyl sites for hydroxylation is 4. The maximum atomic E-state index is 13.8. The van der Waals surface area contributed by atoms with Gasteiger partial charge in [0.1, 0.15) is 5.58 Å². The highest BCUT2D eigenvalue weighted by Gasteiger charge is 2.45. The Labute approximate surface area is 196 Å². The van der Waals surface area contributed by atoms with Crippen LogP contribution in [0.3, 0.4) is 0 Å². The lowest BCUT2D eigenvalue weighted by atomic mass is 9.95. The minimum atomic E-state index is -0.582. The fourth-order valence-electron chi connectivity index (χ4n) is 4.36. The molecule has 0 N–H and O–H groups in total. The molecule has 1 aliphatic heterocycles. The Morgan fingerprint density at radius 2 is 1.67 bits per heavy atom. The van der Waals surface area contributed by atoms with Crippen LogP contribution in [0.5, 0.6) is 0 Å². The number of thiazole rings is 1. The molecule has 0 radical (unpaired) electrons. The minimum absolute atomic E-state index is 0.110. The molecule has 1 atom stereocenters. The standard InChI is InChI=1S/C27H26N2O3S/c1-13(2)18-7-9-19(10-8-18)23-22-24(30)20-11-14(3)15(4)12-21(20)32-25(22)26(31)29(23)27-28-16(5)17(6)33-27/h7-13,23H,1-6H3/t23-/m1/s1. The van der Waals surface area contributed by atoms with Gasteiger partial charge in [0.15, 0.2) is 10.6 Å². The molecule has 6 heteroatoms. The first-order valence-corrected chi connectivity index (χ1v) is 11.9. The van der Waals surface area contributed by atoms with Crippen molar-refractivity contribution in [1.82, 2.24) is 4.98 Å². The third-order valence-corrected chi connectivity index (χ3v) is 7.70. The van der Waals surface area contributed by atoms with E-state index in [-0.39, 0.29) is 17.1 Å². The monoisotopic (exact) mass is 458 g/mol. The van der Waals surface area contributed by atoms with Crippen LogP contribution >= 0.6 is 11.3 Å². The lowest BCUT2D eigenvalue weighted by molar-refractivity contribution is 0.0971. The van der Waals surface area contributed by atoms with Crippen molar-refractivity contribution in [3.63, 3.8) is 0 Å². The molecular weight excluding hydrogens is 432 g/mol. The van der Waals surface area contributed by atoms with E-state index in [4.69, 9.17) is 4.42 Å². The largest absolute Gasteiger partial charge is 0.450 e. The molecule has 2 aromatic heterocycles. The Kier molecular flexibility index (Phi) is 5.01. The summed E-state index contributed by atoms with van der Waals surface area (Å²) in [5.74, 6) is 0.172. The third-order valence-electron chi connectivity index (χ3n) is 6.63. The van der Waals surface area contributed by atoms with Crippen molar-refractivity contribution in [3.8, 4) is 0 Å². The summed E-state index contributed by atoms with van der Waals surface area (Å²) in [6, 6.07) is 11.3. The summed E-state index contributed by atoms with van der Waals surface area (Å²) in [4.78, 5) is 34.8. The van der Waals surface area contributed by atoms with Gasteiger partial charge >= 0.3 is 0 Å². The second-order valence-electron chi connectivity index (χ2n) is 9.14. The summed E-state index contributed by atoms with van der Waals surface area (Å²) < 4.78 is 6.12. The van der Waals surface area contributed by atoms with Crippen LogP contribution in [0, 0.1) is 27.7 Å². The Morgan fingerprint density at radius 1 is 1.00 bits per heavy atom. The molecule has 0 spiro atoms. The highest BCUT2D eigenvalue weighted by molar-refractivity contribution is 7.15. The van der Waals surface area contributed by atoms with Crippen molar-refractivity contribution in [2.24, 2.45) is 0 Å². The van der Waals surface area contributed by atoms with Gasteiger partial charge in [-0.25, -0.2) is 4.98 Å². The van der Waals surface area contributed by atoms with Crippen LogP contribution in [-0.2, 0) is 0 Å². The van der Waals surface area contributed by atoms with Gasteiger partial charge in [0.2, 0.25) is 5.76 Å². The quantitative estimate of drug-likeness (QED) is 0.358. The van der Waals surface area contributed by atoms with E-state index in [1.54, 1.807) is 4.90 Å². The van der Waals surface area contributed by atoms with Gasteiger partial charge in [0.25, 0.3) is 5.91 Å². The molecule has 168 valence electrons. The van der Waals surface area contributed by atoms with Crippen molar-refractivity contribution >= 4 is 33.3 Å². The zero-order valence-electron chi connectivity index (χ0n) is 19.6. The average molecular weight is 459 g/mol. The van der Waals surface area contributed by atoms with Crippen molar-refractivity contribution < 1.29 is 9.21 Å². The van der Waals surface area contributed by atoms with E-state index in [1.807, 2.05) is 52.0 Å². The molecule has 33 heavy (non-hydrogen) atoms. The summed E-state index contributed by atoms with van der Waals surface area (Å²) >= 11 is 1.46. The maximum absolute atomic E-state index is 13.8. The van der Waals surface area contributed by atoms with E-state index in [0.29, 0.717) is 27.6 Å². The SMILES string of the molecule is Cc1cc2oc3c(c(=O)c2cc1C)[C@@H](c1ccc(C(C)C)cc1)N(c1nc(C)c(C)s1)C3=O. The molecule has 3 heterocycles. The van der Waals surface area contributed by atoms with Gasteiger partial charge in [-0.2, -0.15) is 0 Å². The number of carbonyl (C=O) groups is 1. The van der Waals surface area contributed by atoms with Crippen molar-refractivity contribution in [3.05, 3.63) is 90.8 Å². The average Bonchev–Trinajstić information content (AvgIpc) is 3.26. The number of hydrogen-bond acceptors (Lipinski definition) is 5. The molecule has 4 aromatic rings. The zero-order chi connectivity index (χ0) is 23.6. The number of nitrogens with zero attached hydrogens (tertiary/aromatic N) is 2. The van der Waals surface area contributed by atoms with Gasteiger partial charge in [-0.3, -0.25) is 14.5 Å². The van der Waals surface area contributed by atoms with Gasteiger partial charge in [-0.1, -0.05) is 38.1 Å². The first-order valence-electron chi connectivity index (χ1n) is 11.1. The number of aromatic nitrogens is 1. The number of fused-ring (bicyclic) bond motifs is 2. The molecule has 1 aliphatic rings. The molecule has 5 nitrogen and oxygen atoms in total. The molecule has 0 bridgehead atoms.